The Morgan fingerprint density at radius 3 is 2.76 bits per heavy atom. The summed E-state index contributed by atoms with van der Waals surface area (Å²) in [6.07, 6.45) is 2.71. The molecule has 2 aliphatic heterocycles. The van der Waals surface area contributed by atoms with E-state index in [1.807, 2.05) is 0 Å². The van der Waals surface area contributed by atoms with Crippen molar-refractivity contribution >= 4 is 33.0 Å². The molecule has 1 saturated heterocycles. The van der Waals surface area contributed by atoms with E-state index >= 15 is 0 Å². The Hall–Kier alpha value is -2.48. The molecule has 3 heterocycles. The second-order valence-corrected chi connectivity index (χ2v) is 10.2. The number of piperazine rings is 1. The predicted molar refractivity (Wildman–Crippen MR) is 136 cm³/mol. The number of unbranched alkanes of at least 4 members (excludes halogenated alkanes) is 1. The number of nitrogens with zero attached hydrogens (tertiary/aromatic N) is 3. The maximum Gasteiger partial charge on any atom is 0.253 e. The van der Waals surface area contributed by atoms with Crippen molar-refractivity contribution in [1.82, 2.24) is 9.80 Å². The maximum absolute atomic E-state index is 14.4. The van der Waals surface area contributed by atoms with Crippen molar-refractivity contribution in [2.75, 3.05) is 57.8 Å². The van der Waals surface area contributed by atoms with Crippen LogP contribution in [-0.4, -0.2) is 68.6 Å². The van der Waals surface area contributed by atoms with Gasteiger partial charge in [-0.15, -0.1) is 11.3 Å². The highest BCUT2D eigenvalue weighted by Gasteiger charge is 2.23. The molecule has 0 atom stereocenters. The molecule has 34 heavy (non-hydrogen) atoms. The Morgan fingerprint density at radius 1 is 1.06 bits per heavy atom. The molecule has 0 aliphatic carbocycles. The van der Waals surface area contributed by atoms with Crippen LogP contribution in [0.2, 0.25) is 0 Å². The van der Waals surface area contributed by atoms with E-state index < -0.39 is 0 Å². The van der Waals surface area contributed by atoms with Crippen LogP contribution in [0.5, 0.6) is 0 Å². The Morgan fingerprint density at radius 2 is 1.91 bits per heavy atom. The van der Waals surface area contributed by atoms with E-state index in [9.17, 15) is 9.18 Å². The molecule has 7 heteroatoms. The van der Waals surface area contributed by atoms with E-state index in [2.05, 4.69) is 39.4 Å². The summed E-state index contributed by atoms with van der Waals surface area (Å²) in [5.74, 6) is -0.304. The number of fused-ring (bicyclic) bond motifs is 2. The summed E-state index contributed by atoms with van der Waals surface area (Å²) in [7, 11) is 1.79. The van der Waals surface area contributed by atoms with E-state index in [-0.39, 0.29) is 18.3 Å². The van der Waals surface area contributed by atoms with Crippen LogP contribution in [0.1, 0.15) is 34.3 Å². The first kappa shape index (κ1) is 23.3. The molecule has 1 fully saturated rings. The van der Waals surface area contributed by atoms with Gasteiger partial charge in [0.1, 0.15) is 5.82 Å². The van der Waals surface area contributed by atoms with Gasteiger partial charge in [-0.2, -0.15) is 0 Å². The number of rotatable bonds is 8. The molecule has 1 amide bonds. The molecular weight excluding hydrogens is 449 g/mol. The third-order valence-electron chi connectivity index (χ3n) is 7.02. The number of halogens is 1. The highest BCUT2D eigenvalue weighted by Crippen LogP contribution is 2.31. The van der Waals surface area contributed by atoms with Gasteiger partial charge in [0.15, 0.2) is 0 Å². The number of ether oxygens (including phenoxy) is 1. The second-order valence-electron chi connectivity index (χ2n) is 9.28. The second kappa shape index (κ2) is 10.4. The van der Waals surface area contributed by atoms with Crippen molar-refractivity contribution in [3.63, 3.8) is 0 Å². The van der Waals surface area contributed by atoms with Crippen LogP contribution >= 0.6 is 11.3 Å². The molecule has 2 aliphatic rings. The van der Waals surface area contributed by atoms with E-state index in [1.54, 1.807) is 29.4 Å². The molecule has 0 spiro atoms. The molecule has 0 saturated carbocycles. The number of hydrogen-bond acceptors (Lipinski definition) is 5. The van der Waals surface area contributed by atoms with Crippen molar-refractivity contribution in [3.8, 4) is 0 Å². The third kappa shape index (κ3) is 4.97. The van der Waals surface area contributed by atoms with Crippen LogP contribution in [0, 0.1) is 5.82 Å². The number of benzene rings is 2. The minimum absolute atomic E-state index is 0.0328. The zero-order chi connectivity index (χ0) is 23.5. The van der Waals surface area contributed by atoms with Gasteiger partial charge >= 0.3 is 0 Å². The molecule has 0 unspecified atom stereocenters. The van der Waals surface area contributed by atoms with Crippen molar-refractivity contribution < 1.29 is 13.9 Å². The van der Waals surface area contributed by atoms with Gasteiger partial charge in [-0.1, -0.05) is 6.07 Å². The van der Waals surface area contributed by atoms with Crippen LogP contribution in [0.25, 0.3) is 10.1 Å². The Kier molecular flexibility index (Phi) is 7.13. The fraction of sp³-hybridized carbons (Fsp3) is 0.444. The van der Waals surface area contributed by atoms with Crippen LogP contribution in [0.15, 0.2) is 41.8 Å². The molecule has 180 valence electrons. The number of thiophene rings is 1. The fourth-order valence-electron chi connectivity index (χ4n) is 4.96. The summed E-state index contributed by atoms with van der Waals surface area (Å²) in [6, 6.07) is 12.0. The van der Waals surface area contributed by atoms with Crippen molar-refractivity contribution in [2.24, 2.45) is 0 Å². The smallest absolute Gasteiger partial charge is 0.253 e. The highest BCUT2D eigenvalue weighted by molar-refractivity contribution is 7.17. The van der Waals surface area contributed by atoms with Crippen LogP contribution in [0.4, 0.5) is 10.1 Å². The molecule has 2 aromatic carbocycles. The number of carbonyl (C=O) groups is 1. The summed E-state index contributed by atoms with van der Waals surface area (Å²) < 4.78 is 21.5. The van der Waals surface area contributed by atoms with E-state index in [0.29, 0.717) is 30.7 Å². The molecule has 5 rings (SSSR count). The lowest BCUT2D eigenvalue weighted by Crippen LogP contribution is -2.46. The quantitative estimate of drug-likeness (QED) is 0.434. The SMILES string of the molecule is CN1CCc2cc(F)c(COCCCCN3CCN(c4cccc5sccc45)CC3)cc2C1=O. The van der Waals surface area contributed by atoms with Gasteiger partial charge in [0.25, 0.3) is 5.91 Å². The summed E-state index contributed by atoms with van der Waals surface area (Å²) >= 11 is 1.80. The van der Waals surface area contributed by atoms with Gasteiger partial charge in [-0.05, 0) is 67.1 Å². The Balaban J connectivity index is 1.03. The fourth-order valence-corrected chi connectivity index (χ4v) is 5.77. The van der Waals surface area contributed by atoms with E-state index in [4.69, 9.17) is 4.74 Å². The minimum atomic E-state index is -0.271. The molecule has 0 bridgehead atoms. The maximum atomic E-state index is 14.4. The Labute approximate surface area is 204 Å². The molecular formula is C27H32FN3O2S. The first-order chi connectivity index (χ1) is 16.6. The summed E-state index contributed by atoms with van der Waals surface area (Å²) in [5.41, 5.74) is 3.24. The van der Waals surface area contributed by atoms with Gasteiger partial charge in [0, 0.05) is 73.3 Å². The topological polar surface area (TPSA) is 36.0 Å². The van der Waals surface area contributed by atoms with Gasteiger partial charge in [0.2, 0.25) is 0 Å². The molecule has 3 aromatic rings. The van der Waals surface area contributed by atoms with Crippen molar-refractivity contribution in [1.29, 1.82) is 0 Å². The summed E-state index contributed by atoms with van der Waals surface area (Å²) in [4.78, 5) is 19.1. The number of anilines is 1. The molecule has 0 N–H and O–H groups in total. The van der Waals surface area contributed by atoms with E-state index in [0.717, 1.165) is 51.1 Å². The lowest BCUT2D eigenvalue weighted by atomic mass is 9.97. The van der Waals surface area contributed by atoms with Gasteiger partial charge < -0.3 is 14.5 Å². The summed E-state index contributed by atoms with van der Waals surface area (Å²) in [6.45, 7) is 6.77. The lowest BCUT2D eigenvalue weighted by molar-refractivity contribution is 0.0779. The average molecular weight is 482 g/mol. The number of likely N-dealkylation sites (N-methyl/N-ethyl adjacent to an activating group) is 1. The highest BCUT2D eigenvalue weighted by atomic mass is 32.1. The predicted octanol–water partition coefficient (Wildman–Crippen LogP) is 4.79. The zero-order valence-corrected chi connectivity index (χ0v) is 20.6. The lowest BCUT2D eigenvalue weighted by Gasteiger charge is -2.36. The molecule has 5 nitrogen and oxygen atoms in total. The number of hydrogen-bond donors (Lipinski definition) is 0. The van der Waals surface area contributed by atoms with Crippen molar-refractivity contribution in [3.05, 3.63) is 64.3 Å². The van der Waals surface area contributed by atoms with Crippen LogP contribution < -0.4 is 4.90 Å². The monoisotopic (exact) mass is 481 g/mol. The minimum Gasteiger partial charge on any atom is -0.377 e. The third-order valence-corrected chi connectivity index (χ3v) is 7.90. The molecule has 0 radical (unpaired) electrons. The summed E-state index contributed by atoms with van der Waals surface area (Å²) in [5, 5.41) is 3.54. The first-order valence-electron chi connectivity index (χ1n) is 12.2. The number of amides is 1. The molecule has 1 aromatic heterocycles. The largest absolute Gasteiger partial charge is 0.377 e. The normalized spacial score (nSPS) is 16.9. The number of carbonyl (C=O) groups excluding carboxylic acids is 1. The van der Waals surface area contributed by atoms with Gasteiger partial charge in [0.05, 0.1) is 6.61 Å². The Bertz CT molecular complexity index is 1160. The van der Waals surface area contributed by atoms with E-state index in [1.165, 1.54) is 21.8 Å². The standard InChI is InChI=1S/C27H32FN3O2S/c1-29-10-7-20-18-24(28)21(17-23(20)27(29)32)19-33-15-3-2-9-30-11-13-31(14-12-30)25-5-4-6-26-22(25)8-16-34-26/h4-6,8,16-18H,2-3,7,9-15,19H2,1H3. The van der Waals surface area contributed by atoms with Crippen LogP contribution in [0.3, 0.4) is 0 Å². The van der Waals surface area contributed by atoms with Crippen molar-refractivity contribution in [2.45, 2.75) is 25.9 Å². The van der Waals surface area contributed by atoms with Gasteiger partial charge in [-0.25, -0.2) is 4.39 Å². The average Bonchev–Trinajstić information content (AvgIpc) is 3.34. The first-order valence-corrected chi connectivity index (χ1v) is 13.1. The van der Waals surface area contributed by atoms with Gasteiger partial charge in [-0.3, -0.25) is 9.69 Å². The van der Waals surface area contributed by atoms with Crippen LogP contribution in [-0.2, 0) is 17.8 Å². The zero-order valence-electron chi connectivity index (χ0n) is 19.8.